The molecule has 22 heavy (non-hydrogen) atoms. The first kappa shape index (κ1) is 16.5. The summed E-state index contributed by atoms with van der Waals surface area (Å²) in [5.41, 5.74) is 1.03. The van der Waals surface area contributed by atoms with Crippen molar-refractivity contribution >= 4 is 28.7 Å². The van der Waals surface area contributed by atoms with E-state index in [-0.39, 0.29) is 18.2 Å². The highest BCUT2D eigenvalue weighted by Crippen LogP contribution is 2.22. The Kier molecular flexibility index (Phi) is 6.42. The third-order valence-electron chi connectivity index (χ3n) is 3.03. The SMILES string of the molecule is COCCN=C1NC(=O)[C@@H](CC(=O)NCc2ccccc2)S1. The van der Waals surface area contributed by atoms with E-state index in [9.17, 15) is 9.59 Å². The van der Waals surface area contributed by atoms with Gasteiger partial charge in [0.1, 0.15) is 5.25 Å². The second kappa shape index (κ2) is 8.55. The Morgan fingerprint density at radius 3 is 2.91 bits per heavy atom. The zero-order valence-electron chi connectivity index (χ0n) is 12.4. The van der Waals surface area contributed by atoms with Crippen molar-refractivity contribution in [3.63, 3.8) is 0 Å². The summed E-state index contributed by atoms with van der Waals surface area (Å²) >= 11 is 1.29. The van der Waals surface area contributed by atoms with Gasteiger partial charge in [0.2, 0.25) is 11.8 Å². The van der Waals surface area contributed by atoms with Crippen molar-refractivity contribution in [1.82, 2.24) is 10.6 Å². The molecule has 1 aromatic carbocycles. The number of aliphatic imine (C=N–C) groups is 1. The number of hydrogen-bond donors (Lipinski definition) is 2. The van der Waals surface area contributed by atoms with Gasteiger partial charge in [0.05, 0.1) is 13.2 Å². The number of ether oxygens (including phenoxy) is 1. The number of nitrogens with one attached hydrogen (secondary N) is 2. The normalized spacial score (nSPS) is 19.2. The van der Waals surface area contributed by atoms with Crippen LogP contribution in [0.3, 0.4) is 0 Å². The molecule has 0 unspecified atom stereocenters. The molecule has 0 bridgehead atoms. The van der Waals surface area contributed by atoms with E-state index in [1.54, 1.807) is 7.11 Å². The highest BCUT2D eigenvalue weighted by atomic mass is 32.2. The molecule has 118 valence electrons. The summed E-state index contributed by atoms with van der Waals surface area (Å²) in [5, 5.41) is 5.64. The molecule has 2 rings (SSSR count). The van der Waals surface area contributed by atoms with E-state index in [1.807, 2.05) is 30.3 Å². The summed E-state index contributed by atoms with van der Waals surface area (Å²) in [5.74, 6) is -0.314. The molecule has 0 radical (unpaired) electrons. The summed E-state index contributed by atoms with van der Waals surface area (Å²) < 4.78 is 4.90. The first-order valence-electron chi connectivity index (χ1n) is 7.00. The van der Waals surface area contributed by atoms with Crippen molar-refractivity contribution in [3.05, 3.63) is 35.9 Å². The fraction of sp³-hybridized carbons (Fsp3) is 0.400. The highest BCUT2D eigenvalue weighted by Gasteiger charge is 2.31. The van der Waals surface area contributed by atoms with Crippen LogP contribution in [0.15, 0.2) is 35.3 Å². The number of amidine groups is 1. The fourth-order valence-electron chi connectivity index (χ4n) is 1.89. The standard InChI is InChI=1S/C15H19N3O3S/c1-21-8-7-16-15-18-14(20)12(22-15)9-13(19)17-10-11-5-3-2-4-6-11/h2-6,12H,7-10H2,1H3,(H,17,19)(H,16,18,20)/t12-/m1/s1. The predicted octanol–water partition coefficient (Wildman–Crippen LogP) is 0.927. The predicted molar refractivity (Wildman–Crippen MR) is 86.6 cm³/mol. The van der Waals surface area contributed by atoms with Gasteiger partial charge in [0.15, 0.2) is 5.17 Å². The maximum atomic E-state index is 11.9. The number of carbonyl (C=O) groups excluding carboxylic acids is 2. The Balaban J connectivity index is 1.77. The molecule has 6 nitrogen and oxygen atoms in total. The lowest BCUT2D eigenvalue weighted by Crippen LogP contribution is -2.31. The van der Waals surface area contributed by atoms with Gasteiger partial charge in [-0.15, -0.1) is 0 Å². The molecule has 0 spiro atoms. The minimum Gasteiger partial charge on any atom is -0.383 e. The topological polar surface area (TPSA) is 79.8 Å². The minimum absolute atomic E-state index is 0.144. The molecule has 7 heteroatoms. The van der Waals surface area contributed by atoms with E-state index in [4.69, 9.17) is 4.74 Å². The summed E-state index contributed by atoms with van der Waals surface area (Å²) in [7, 11) is 1.60. The Morgan fingerprint density at radius 1 is 1.41 bits per heavy atom. The van der Waals surface area contributed by atoms with Gasteiger partial charge in [-0.3, -0.25) is 14.6 Å². The Morgan fingerprint density at radius 2 is 2.18 bits per heavy atom. The molecule has 0 aromatic heterocycles. The lowest BCUT2D eigenvalue weighted by Gasteiger charge is -2.07. The Labute approximate surface area is 133 Å². The quantitative estimate of drug-likeness (QED) is 0.732. The molecular weight excluding hydrogens is 302 g/mol. The third-order valence-corrected chi connectivity index (χ3v) is 4.15. The number of thioether (sulfide) groups is 1. The van der Waals surface area contributed by atoms with Crippen molar-refractivity contribution in [1.29, 1.82) is 0 Å². The van der Waals surface area contributed by atoms with E-state index < -0.39 is 5.25 Å². The summed E-state index contributed by atoms with van der Waals surface area (Å²) in [6.07, 6.45) is 0.145. The van der Waals surface area contributed by atoms with Gasteiger partial charge in [-0.05, 0) is 5.56 Å². The molecule has 1 aliphatic heterocycles. The van der Waals surface area contributed by atoms with Crippen molar-refractivity contribution < 1.29 is 14.3 Å². The number of hydrogen-bond acceptors (Lipinski definition) is 5. The van der Waals surface area contributed by atoms with E-state index in [0.29, 0.717) is 24.9 Å². The van der Waals surface area contributed by atoms with Crippen LogP contribution in [0.25, 0.3) is 0 Å². The second-order valence-corrected chi connectivity index (χ2v) is 5.93. The van der Waals surface area contributed by atoms with Crippen molar-refractivity contribution in [2.24, 2.45) is 4.99 Å². The van der Waals surface area contributed by atoms with Crippen LogP contribution in [0.2, 0.25) is 0 Å². The van der Waals surface area contributed by atoms with Gasteiger partial charge < -0.3 is 15.4 Å². The number of benzene rings is 1. The number of carbonyl (C=O) groups is 2. The van der Waals surface area contributed by atoms with Crippen molar-refractivity contribution in [2.75, 3.05) is 20.3 Å². The van der Waals surface area contributed by atoms with E-state index in [2.05, 4.69) is 15.6 Å². The van der Waals surface area contributed by atoms with E-state index in [1.165, 1.54) is 11.8 Å². The zero-order valence-corrected chi connectivity index (χ0v) is 13.2. The summed E-state index contributed by atoms with van der Waals surface area (Å²) in [6, 6.07) is 9.65. The molecule has 0 aliphatic carbocycles. The van der Waals surface area contributed by atoms with Crippen LogP contribution in [0.5, 0.6) is 0 Å². The van der Waals surface area contributed by atoms with Crippen LogP contribution in [-0.4, -0.2) is 42.5 Å². The lowest BCUT2D eigenvalue weighted by molar-refractivity contribution is -0.125. The van der Waals surface area contributed by atoms with Gasteiger partial charge in [-0.25, -0.2) is 0 Å². The lowest BCUT2D eigenvalue weighted by atomic mass is 10.2. The van der Waals surface area contributed by atoms with Crippen LogP contribution in [0.1, 0.15) is 12.0 Å². The largest absolute Gasteiger partial charge is 0.383 e. The number of amides is 2. The maximum Gasteiger partial charge on any atom is 0.240 e. The molecule has 1 aromatic rings. The second-order valence-electron chi connectivity index (χ2n) is 4.74. The van der Waals surface area contributed by atoms with Crippen molar-refractivity contribution in [2.45, 2.75) is 18.2 Å². The molecule has 1 aliphatic rings. The van der Waals surface area contributed by atoms with Crippen molar-refractivity contribution in [3.8, 4) is 0 Å². The molecule has 1 atom stereocenters. The first-order chi connectivity index (χ1) is 10.7. The number of methoxy groups -OCH3 is 1. The monoisotopic (exact) mass is 321 g/mol. The van der Waals surface area contributed by atoms with E-state index >= 15 is 0 Å². The molecule has 2 N–H and O–H groups in total. The zero-order chi connectivity index (χ0) is 15.8. The third kappa shape index (κ3) is 5.16. The smallest absolute Gasteiger partial charge is 0.240 e. The van der Waals surface area contributed by atoms with Crippen LogP contribution >= 0.6 is 11.8 Å². The summed E-state index contributed by atoms with van der Waals surface area (Å²) in [6.45, 7) is 1.46. The molecule has 1 fully saturated rings. The number of rotatable bonds is 7. The molecule has 1 heterocycles. The van der Waals surface area contributed by atoms with Crippen LogP contribution < -0.4 is 10.6 Å². The minimum atomic E-state index is -0.419. The molecule has 1 saturated heterocycles. The van der Waals surface area contributed by atoms with Crippen LogP contribution in [-0.2, 0) is 20.9 Å². The van der Waals surface area contributed by atoms with Gasteiger partial charge >= 0.3 is 0 Å². The van der Waals surface area contributed by atoms with Gasteiger partial charge in [0.25, 0.3) is 0 Å². The average Bonchev–Trinajstić information content (AvgIpc) is 2.86. The first-order valence-corrected chi connectivity index (χ1v) is 7.88. The maximum absolute atomic E-state index is 11.9. The van der Waals surface area contributed by atoms with Crippen LogP contribution in [0.4, 0.5) is 0 Å². The van der Waals surface area contributed by atoms with Gasteiger partial charge in [0, 0.05) is 20.1 Å². The fourth-order valence-corrected chi connectivity index (χ4v) is 2.89. The average molecular weight is 321 g/mol. The molecular formula is C15H19N3O3S. The molecule has 2 amide bonds. The van der Waals surface area contributed by atoms with E-state index in [0.717, 1.165) is 5.56 Å². The molecule has 0 saturated carbocycles. The van der Waals surface area contributed by atoms with Crippen LogP contribution in [0, 0.1) is 0 Å². The summed E-state index contributed by atoms with van der Waals surface area (Å²) in [4.78, 5) is 27.9. The number of nitrogens with zero attached hydrogens (tertiary/aromatic N) is 1. The Bertz CT molecular complexity index is 548. The van der Waals surface area contributed by atoms with Gasteiger partial charge in [-0.2, -0.15) is 0 Å². The Hall–Kier alpha value is -1.86. The highest BCUT2D eigenvalue weighted by molar-refractivity contribution is 8.15. The van der Waals surface area contributed by atoms with Gasteiger partial charge in [-0.1, -0.05) is 42.1 Å².